The maximum absolute atomic E-state index is 10.7. The third-order valence-electron chi connectivity index (χ3n) is 6.37. The van der Waals surface area contributed by atoms with E-state index in [0.717, 1.165) is 64.5 Å². The van der Waals surface area contributed by atoms with Crippen molar-refractivity contribution < 1.29 is 9.84 Å². The van der Waals surface area contributed by atoms with Crippen LogP contribution in [0.3, 0.4) is 0 Å². The topological polar surface area (TPSA) is 47.3 Å². The van der Waals surface area contributed by atoms with E-state index in [4.69, 9.17) is 9.72 Å². The molecule has 148 valence electrons. The van der Waals surface area contributed by atoms with Crippen LogP contribution in [0, 0.1) is 0 Å². The molecule has 1 aliphatic heterocycles. The number of benzene rings is 3. The van der Waals surface area contributed by atoms with Crippen LogP contribution in [0.15, 0.2) is 78.9 Å². The van der Waals surface area contributed by atoms with Gasteiger partial charge in [-0.3, -0.25) is 4.57 Å². The molecule has 2 aliphatic rings. The van der Waals surface area contributed by atoms with E-state index in [1.165, 1.54) is 0 Å². The zero-order chi connectivity index (χ0) is 20.1. The summed E-state index contributed by atoms with van der Waals surface area (Å²) in [6.45, 7) is 0.432. The molecule has 1 saturated carbocycles. The zero-order valence-corrected chi connectivity index (χ0v) is 16.6. The first kappa shape index (κ1) is 17.5. The summed E-state index contributed by atoms with van der Waals surface area (Å²) in [5.41, 5.74) is 5.49. The number of para-hydroxylation sites is 1. The predicted octanol–water partition coefficient (Wildman–Crippen LogP) is 5.61. The van der Waals surface area contributed by atoms with Gasteiger partial charge < -0.3 is 9.84 Å². The van der Waals surface area contributed by atoms with Crippen LogP contribution >= 0.6 is 0 Å². The first-order chi connectivity index (χ1) is 14.7. The highest BCUT2D eigenvalue weighted by Gasteiger charge is 2.36. The quantitative estimate of drug-likeness (QED) is 0.492. The molecule has 6 rings (SSSR count). The Bertz CT molecular complexity index is 1220. The van der Waals surface area contributed by atoms with Crippen LogP contribution in [0.4, 0.5) is 0 Å². The SMILES string of the molecule is OC1(c2ccc(-c3nc4n(c3-c3ccccc3)COc3ccccc3-4)cc2)CCC1. The van der Waals surface area contributed by atoms with Crippen LogP contribution in [0.25, 0.3) is 33.9 Å². The number of hydrogen-bond acceptors (Lipinski definition) is 3. The smallest absolute Gasteiger partial charge is 0.167 e. The van der Waals surface area contributed by atoms with Crippen LogP contribution in [0.2, 0.25) is 0 Å². The number of hydrogen-bond donors (Lipinski definition) is 1. The van der Waals surface area contributed by atoms with Crippen LogP contribution in [0.1, 0.15) is 24.8 Å². The average molecular weight is 394 g/mol. The van der Waals surface area contributed by atoms with Gasteiger partial charge >= 0.3 is 0 Å². The van der Waals surface area contributed by atoms with Crippen LogP contribution in [0.5, 0.6) is 5.75 Å². The second-order valence-corrected chi connectivity index (χ2v) is 8.16. The molecule has 1 N–H and O–H groups in total. The maximum Gasteiger partial charge on any atom is 0.167 e. The third kappa shape index (κ3) is 2.61. The van der Waals surface area contributed by atoms with Crippen LogP contribution < -0.4 is 4.74 Å². The molecule has 4 heteroatoms. The molecule has 3 aromatic carbocycles. The van der Waals surface area contributed by atoms with Gasteiger partial charge in [0.05, 0.1) is 22.6 Å². The first-order valence-electron chi connectivity index (χ1n) is 10.4. The van der Waals surface area contributed by atoms with E-state index in [0.29, 0.717) is 6.73 Å². The van der Waals surface area contributed by atoms with Crippen molar-refractivity contribution in [2.45, 2.75) is 31.6 Å². The van der Waals surface area contributed by atoms with Gasteiger partial charge in [-0.05, 0) is 37.0 Å². The summed E-state index contributed by atoms with van der Waals surface area (Å²) in [5.74, 6) is 1.79. The Labute approximate surface area is 175 Å². The molecular formula is C26H22N2O2. The molecule has 2 heterocycles. The maximum atomic E-state index is 10.7. The molecule has 0 amide bonds. The average Bonchev–Trinajstić information content (AvgIpc) is 3.18. The zero-order valence-electron chi connectivity index (χ0n) is 16.6. The van der Waals surface area contributed by atoms with Crippen molar-refractivity contribution in [3.05, 3.63) is 84.4 Å². The second kappa shape index (κ2) is 6.57. The highest BCUT2D eigenvalue weighted by molar-refractivity contribution is 5.83. The van der Waals surface area contributed by atoms with E-state index in [-0.39, 0.29) is 0 Å². The van der Waals surface area contributed by atoms with Crippen molar-refractivity contribution in [2.24, 2.45) is 0 Å². The number of nitrogens with zero attached hydrogens (tertiary/aromatic N) is 2. The number of ether oxygens (including phenoxy) is 1. The van der Waals surface area contributed by atoms with Gasteiger partial charge in [-0.15, -0.1) is 0 Å². The number of aliphatic hydroxyl groups is 1. The molecule has 4 aromatic rings. The standard InChI is InChI=1S/C26H22N2O2/c29-26(15-6-16-26)20-13-11-18(12-14-20)23-24(19-7-2-1-3-8-19)28-17-30-22-10-5-4-9-21(22)25(28)27-23/h1-5,7-14,29H,6,15-17H2. The van der Waals surface area contributed by atoms with Crippen LogP contribution in [-0.4, -0.2) is 14.7 Å². The molecule has 1 aromatic heterocycles. The minimum atomic E-state index is -0.652. The summed E-state index contributed by atoms with van der Waals surface area (Å²) in [6, 6.07) is 26.7. The molecule has 0 unspecified atom stereocenters. The van der Waals surface area contributed by atoms with E-state index < -0.39 is 5.60 Å². The molecular weight excluding hydrogens is 372 g/mol. The van der Waals surface area contributed by atoms with E-state index in [9.17, 15) is 5.11 Å². The Balaban J connectivity index is 1.53. The molecule has 0 radical (unpaired) electrons. The van der Waals surface area contributed by atoms with Crippen molar-refractivity contribution in [2.75, 3.05) is 0 Å². The van der Waals surface area contributed by atoms with Crippen molar-refractivity contribution in [1.82, 2.24) is 9.55 Å². The van der Waals surface area contributed by atoms with Gasteiger partial charge in [-0.25, -0.2) is 4.98 Å². The van der Waals surface area contributed by atoms with E-state index in [1.807, 2.05) is 48.5 Å². The number of fused-ring (bicyclic) bond motifs is 3. The van der Waals surface area contributed by atoms with Gasteiger partial charge in [-0.2, -0.15) is 0 Å². The summed E-state index contributed by atoms with van der Waals surface area (Å²) in [6.07, 6.45) is 2.77. The summed E-state index contributed by atoms with van der Waals surface area (Å²) in [5, 5.41) is 10.7. The van der Waals surface area contributed by atoms with Gasteiger partial charge in [0.1, 0.15) is 11.6 Å². The van der Waals surface area contributed by atoms with Gasteiger partial charge in [0.15, 0.2) is 6.73 Å². The number of aromatic nitrogens is 2. The van der Waals surface area contributed by atoms with Gasteiger partial charge in [0.25, 0.3) is 0 Å². The van der Waals surface area contributed by atoms with E-state index in [1.54, 1.807) is 0 Å². The molecule has 1 fully saturated rings. The van der Waals surface area contributed by atoms with E-state index >= 15 is 0 Å². The van der Waals surface area contributed by atoms with E-state index in [2.05, 4.69) is 34.9 Å². The summed E-state index contributed by atoms with van der Waals surface area (Å²) in [4.78, 5) is 5.09. The lowest BCUT2D eigenvalue weighted by Gasteiger charge is -2.37. The fourth-order valence-corrected chi connectivity index (χ4v) is 4.52. The minimum Gasteiger partial charge on any atom is -0.472 e. The minimum absolute atomic E-state index is 0.432. The van der Waals surface area contributed by atoms with Crippen molar-refractivity contribution >= 4 is 0 Å². The van der Waals surface area contributed by atoms with Gasteiger partial charge in [0, 0.05) is 11.1 Å². The molecule has 0 bridgehead atoms. The summed E-state index contributed by atoms with van der Waals surface area (Å²) < 4.78 is 8.19. The fourth-order valence-electron chi connectivity index (χ4n) is 4.52. The predicted molar refractivity (Wildman–Crippen MR) is 117 cm³/mol. The lowest BCUT2D eigenvalue weighted by atomic mass is 9.75. The lowest BCUT2D eigenvalue weighted by molar-refractivity contribution is -0.0387. The highest BCUT2D eigenvalue weighted by Crippen LogP contribution is 2.43. The van der Waals surface area contributed by atoms with Crippen molar-refractivity contribution in [3.63, 3.8) is 0 Å². The Morgan fingerprint density at radius 3 is 2.30 bits per heavy atom. The normalized spacial score (nSPS) is 16.2. The molecule has 30 heavy (non-hydrogen) atoms. The van der Waals surface area contributed by atoms with Gasteiger partial charge in [0.2, 0.25) is 0 Å². The molecule has 1 aliphatic carbocycles. The Hall–Kier alpha value is -3.37. The first-order valence-corrected chi connectivity index (χ1v) is 10.4. The van der Waals surface area contributed by atoms with Crippen molar-refractivity contribution in [1.29, 1.82) is 0 Å². The monoisotopic (exact) mass is 394 g/mol. The highest BCUT2D eigenvalue weighted by atomic mass is 16.5. The van der Waals surface area contributed by atoms with Gasteiger partial charge in [-0.1, -0.05) is 66.7 Å². The summed E-state index contributed by atoms with van der Waals surface area (Å²) in [7, 11) is 0. The number of rotatable bonds is 3. The largest absolute Gasteiger partial charge is 0.472 e. The fraction of sp³-hybridized carbons (Fsp3) is 0.192. The second-order valence-electron chi connectivity index (χ2n) is 8.16. The van der Waals surface area contributed by atoms with Crippen LogP contribution in [-0.2, 0) is 12.3 Å². The third-order valence-corrected chi connectivity index (χ3v) is 6.37. The Morgan fingerprint density at radius 1 is 0.833 bits per heavy atom. The Morgan fingerprint density at radius 2 is 1.57 bits per heavy atom. The van der Waals surface area contributed by atoms with Crippen molar-refractivity contribution in [3.8, 4) is 39.7 Å². The lowest BCUT2D eigenvalue weighted by Crippen LogP contribution is -2.33. The number of imidazole rings is 1. The molecule has 0 spiro atoms. The summed E-state index contributed by atoms with van der Waals surface area (Å²) >= 11 is 0. The Kier molecular flexibility index (Phi) is 3.83. The molecule has 4 nitrogen and oxygen atoms in total. The molecule has 0 saturated heterocycles. The molecule has 0 atom stereocenters.